The normalized spacial score (nSPS) is 10.5. The van der Waals surface area contributed by atoms with Crippen molar-refractivity contribution >= 4 is 23.8 Å². The van der Waals surface area contributed by atoms with Crippen molar-refractivity contribution in [2.45, 2.75) is 13.8 Å². The molecule has 0 fully saturated rings. The molecule has 0 aromatic heterocycles. The second kappa shape index (κ2) is 10.6. The van der Waals surface area contributed by atoms with E-state index in [0.29, 0.717) is 17.9 Å². The van der Waals surface area contributed by atoms with Gasteiger partial charge >= 0.3 is 11.9 Å². The summed E-state index contributed by atoms with van der Waals surface area (Å²) >= 11 is 0. The number of rotatable bonds is 10. The third-order valence-electron chi connectivity index (χ3n) is 3.90. The number of carbonyl (C=O) groups is 3. The van der Waals surface area contributed by atoms with E-state index in [1.807, 2.05) is 19.9 Å². The molecule has 0 aliphatic carbocycles. The fourth-order valence-electron chi connectivity index (χ4n) is 2.36. The molecule has 0 aliphatic heterocycles. The zero-order chi connectivity index (χ0) is 22.1. The number of allylic oxidation sites excluding steroid dienone is 2. The number of carboxylic acids is 2. The zero-order valence-corrected chi connectivity index (χ0v) is 16.6. The standard InChI is InChI=1S/C23H22O7/c1-15(2)11-12-29-18-8-9-19(21(13-18)30-14-22(25)26)20(24)10-5-16-3-6-17(7-4-16)23(27)28/h3-11,13H,12,14H2,1-2H3,(H,25,26)(H,27,28)/b10-5+. The lowest BCUT2D eigenvalue weighted by molar-refractivity contribution is -0.139. The molecule has 7 nitrogen and oxygen atoms in total. The lowest BCUT2D eigenvalue weighted by Gasteiger charge is -2.11. The van der Waals surface area contributed by atoms with Crippen LogP contribution in [-0.4, -0.2) is 41.1 Å². The number of carbonyl (C=O) groups excluding carboxylic acids is 1. The van der Waals surface area contributed by atoms with Crippen molar-refractivity contribution in [1.29, 1.82) is 0 Å². The van der Waals surface area contributed by atoms with Gasteiger partial charge in [-0.2, -0.15) is 0 Å². The maximum absolute atomic E-state index is 12.6. The first-order valence-corrected chi connectivity index (χ1v) is 9.07. The number of benzene rings is 2. The zero-order valence-electron chi connectivity index (χ0n) is 16.6. The maximum atomic E-state index is 12.6. The molecule has 2 aromatic carbocycles. The van der Waals surface area contributed by atoms with Crippen LogP contribution < -0.4 is 9.47 Å². The van der Waals surface area contributed by atoms with Gasteiger partial charge in [-0.3, -0.25) is 4.79 Å². The van der Waals surface area contributed by atoms with Gasteiger partial charge in [-0.25, -0.2) is 9.59 Å². The number of ketones is 1. The van der Waals surface area contributed by atoms with Crippen molar-refractivity contribution in [2.75, 3.05) is 13.2 Å². The predicted molar refractivity (Wildman–Crippen MR) is 111 cm³/mol. The number of aromatic carboxylic acids is 1. The molecular weight excluding hydrogens is 388 g/mol. The molecule has 2 aromatic rings. The molecule has 2 N–H and O–H groups in total. The summed E-state index contributed by atoms with van der Waals surface area (Å²) in [6, 6.07) is 10.6. The minimum atomic E-state index is -1.17. The van der Waals surface area contributed by atoms with E-state index in [1.54, 1.807) is 18.2 Å². The molecule has 2 rings (SSSR count). The van der Waals surface area contributed by atoms with Gasteiger partial charge in [-0.1, -0.05) is 23.8 Å². The van der Waals surface area contributed by atoms with E-state index in [4.69, 9.17) is 19.7 Å². The first-order valence-electron chi connectivity index (χ1n) is 9.07. The molecule has 0 saturated carbocycles. The predicted octanol–water partition coefficient (Wildman–Crippen LogP) is 4.09. The highest BCUT2D eigenvalue weighted by Crippen LogP contribution is 2.26. The minimum Gasteiger partial charge on any atom is -0.489 e. The lowest BCUT2D eigenvalue weighted by atomic mass is 10.1. The summed E-state index contributed by atoms with van der Waals surface area (Å²) in [5.74, 6) is -2.05. The van der Waals surface area contributed by atoms with Crippen molar-refractivity contribution in [3.8, 4) is 11.5 Å². The van der Waals surface area contributed by atoms with Crippen molar-refractivity contribution in [3.63, 3.8) is 0 Å². The van der Waals surface area contributed by atoms with E-state index in [2.05, 4.69) is 0 Å². The Kier molecular flexibility index (Phi) is 7.93. The molecule has 0 atom stereocenters. The van der Waals surface area contributed by atoms with E-state index < -0.39 is 24.3 Å². The van der Waals surface area contributed by atoms with E-state index >= 15 is 0 Å². The van der Waals surface area contributed by atoms with Crippen LogP contribution >= 0.6 is 0 Å². The summed E-state index contributed by atoms with van der Waals surface area (Å²) in [7, 11) is 0. The fourth-order valence-corrected chi connectivity index (χ4v) is 2.36. The van der Waals surface area contributed by atoms with E-state index in [-0.39, 0.29) is 16.9 Å². The third-order valence-corrected chi connectivity index (χ3v) is 3.90. The Balaban J connectivity index is 2.21. The van der Waals surface area contributed by atoms with Crippen LogP contribution in [0.4, 0.5) is 0 Å². The molecule has 0 aliphatic rings. The second-order valence-corrected chi connectivity index (χ2v) is 6.56. The molecule has 0 unspecified atom stereocenters. The smallest absolute Gasteiger partial charge is 0.341 e. The Morgan fingerprint density at radius 3 is 2.27 bits per heavy atom. The molecule has 0 saturated heterocycles. The molecular formula is C23H22O7. The molecule has 0 spiro atoms. The van der Waals surface area contributed by atoms with Gasteiger partial charge in [0.2, 0.25) is 0 Å². The minimum absolute atomic E-state index is 0.1000. The lowest BCUT2D eigenvalue weighted by Crippen LogP contribution is -2.12. The molecule has 0 heterocycles. The van der Waals surface area contributed by atoms with E-state index in [0.717, 1.165) is 5.57 Å². The number of hydrogen-bond donors (Lipinski definition) is 2. The topological polar surface area (TPSA) is 110 Å². The van der Waals surface area contributed by atoms with Gasteiger partial charge in [0, 0.05) is 6.07 Å². The van der Waals surface area contributed by atoms with Crippen LogP contribution in [0.5, 0.6) is 11.5 Å². The third kappa shape index (κ3) is 6.94. The first-order chi connectivity index (χ1) is 14.3. The molecule has 7 heteroatoms. The molecule has 0 radical (unpaired) electrons. The molecule has 0 bridgehead atoms. The molecule has 30 heavy (non-hydrogen) atoms. The highest BCUT2D eigenvalue weighted by molar-refractivity contribution is 6.08. The van der Waals surface area contributed by atoms with Crippen LogP contribution in [0, 0.1) is 0 Å². The van der Waals surface area contributed by atoms with Crippen molar-refractivity contribution in [1.82, 2.24) is 0 Å². The fraction of sp³-hybridized carbons (Fsp3) is 0.174. The summed E-state index contributed by atoms with van der Waals surface area (Å²) in [6.07, 6.45) is 4.73. The second-order valence-electron chi connectivity index (χ2n) is 6.56. The average molecular weight is 410 g/mol. The van der Waals surface area contributed by atoms with Crippen LogP contribution in [0.3, 0.4) is 0 Å². The van der Waals surface area contributed by atoms with Crippen molar-refractivity contribution in [3.05, 3.63) is 76.9 Å². The Hall–Kier alpha value is -3.87. The monoisotopic (exact) mass is 410 g/mol. The van der Waals surface area contributed by atoms with Gasteiger partial charge in [0.25, 0.3) is 0 Å². The number of carboxylic acid groups (broad SMARTS) is 2. The Morgan fingerprint density at radius 1 is 0.967 bits per heavy atom. The Bertz CT molecular complexity index is 981. The van der Waals surface area contributed by atoms with E-state index in [1.165, 1.54) is 36.4 Å². The van der Waals surface area contributed by atoms with Gasteiger partial charge in [0.15, 0.2) is 12.4 Å². The van der Waals surface area contributed by atoms with Crippen LogP contribution in [0.2, 0.25) is 0 Å². The maximum Gasteiger partial charge on any atom is 0.341 e. The number of hydrogen-bond acceptors (Lipinski definition) is 5. The van der Waals surface area contributed by atoms with Crippen molar-refractivity contribution < 1.29 is 34.1 Å². The SMILES string of the molecule is CC(C)=CCOc1ccc(C(=O)/C=C/c2ccc(C(=O)O)cc2)c(OCC(=O)O)c1. The van der Waals surface area contributed by atoms with Crippen LogP contribution in [0.15, 0.2) is 60.2 Å². The first kappa shape index (κ1) is 22.4. The quantitative estimate of drug-likeness (QED) is 0.345. The summed E-state index contributed by atoms with van der Waals surface area (Å²) in [4.78, 5) is 34.4. The van der Waals surface area contributed by atoms with Gasteiger partial charge < -0.3 is 19.7 Å². The number of ether oxygens (including phenoxy) is 2. The van der Waals surface area contributed by atoms with E-state index in [9.17, 15) is 14.4 Å². The number of aliphatic carboxylic acids is 1. The summed E-state index contributed by atoms with van der Waals surface area (Å²) in [5.41, 5.74) is 2.06. The Labute approximate surface area is 173 Å². The largest absolute Gasteiger partial charge is 0.489 e. The average Bonchev–Trinajstić information content (AvgIpc) is 2.70. The summed E-state index contributed by atoms with van der Waals surface area (Å²) in [6.45, 7) is 3.61. The van der Waals surface area contributed by atoms with Crippen LogP contribution in [0.25, 0.3) is 6.08 Å². The summed E-state index contributed by atoms with van der Waals surface area (Å²) in [5, 5.41) is 17.8. The highest BCUT2D eigenvalue weighted by Gasteiger charge is 2.13. The van der Waals surface area contributed by atoms with Gasteiger partial charge in [-0.05, 0) is 55.8 Å². The summed E-state index contributed by atoms with van der Waals surface area (Å²) < 4.78 is 10.8. The van der Waals surface area contributed by atoms with Gasteiger partial charge in [0.1, 0.15) is 18.1 Å². The van der Waals surface area contributed by atoms with Crippen molar-refractivity contribution in [2.24, 2.45) is 0 Å². The van der Waals surface area contributed by atoms with Gasteiger partial charge in [0.05, 0.1) is 11.1 Å². The van der Waals surface area contributed by atoms with Crippen LogP contribution in [-0.2, 0) is 4.79 Å². The van der Waals surface area contributed by atoms with Gasteiger partial charge in [-0.15, -0.1) is 0 Å². The highest BCUT2D eigenvalue weighted by atomic mass is 16.5. The Morgan fingerprint density at radius 2 is 1.67 bits per heavy atom. The molecule has 156 valence electrons. The van der Waals surface area contributed by atoms with Crippen LogP contribution in [0.1, 0.15) is 40.1 Å². The molecule has 0 amide bonds.